The number of H-pyrrole nitrogens is 1. The minimum atomic E-state index is 0.569. The molecule has 0 spiro atoms. The molecule has 2 unspecified atom stereocenters. The van der Waals surface area contributed by atoms with Gasteiger partial charge < -0.3 is 0 Å². The Bertz CT molecular complexity index is 329. The molecular weight excluding hydrogens is 184 g/mol. The fraction of sp³-hybridized carbons (Fsp3) is 0.875. The summed E-state index contributed by atoms with van der Waals surface area (Å²) in [5.74, 6) is 1.62. The molecule has 1 aliphatic rings. The minimum absolute atomic E-state index is 0.569. The maximum Gasteiger partial charge on any atom is 0.238 e. The second-order valence-electron chi connectivity index (χ2n) is 3.98. The molecule has 1 aromatic heterocycles. The monoisotopic (exact) mass is 198 g/mol. The van der Waals surface area contributed by atoms with Gasteiger partial charge in [-0.25, -0.2) is 4.68 Å². The molecule has 1 aliphatic carbocycles. The molecule has 1 N–H and O–H groups in total. The maximum absolute atomic E-state index is 5.01. The molecule has 72 valence electrons. The van der Waals surface area contributed by atoms with Crippen molar-refractivity contribution in [2.75, 3.05) is 0 Å². The summed E-state index contributed by atoms with van der Waals surface area (Å²) in [6.07, 6.45) is 3.96. The Balaban J connectivity index is 1.99. The molecule has 0 amide bonds. The summed E-state index contributed by atoms with van der Waals surface area (Å²) in [4.78, 5) is 0. The van der Waals surface area contributed by atoms with Crippen molar-refractivity contribution in [3.05, 3.63) is 4.77 Å². The number of rotatable bonds is 2. The lowest BCUT2D eigenvalue weighted by molar-refractivity contribution is 0.407. The first-order chi connectivity index (χ1) is 6.25. The molecule has 1 fully saturated rings. The van der Waals surface area contributed by atoms with Crippen LogP contribution in [0.5, 0.6) is 0 Å². The van der Waals surface area contributed by atoms with Gasteiger partial charge in [0.2, 0.25) is 4.77 Å². The van der Waals surface area contributed by atoms with Gasteiger partial charge in [0.25, 0.3) is 0 Å². The van der Waals surface area contributed by atoms with Crippen LogP contribution >= 0.6 is 12.2 Å². The molecule has 13 heavy (non-hydrogen) atoms. The van der Waals surface area contributed by atoms with E-state index in [9.17, 15) is 0 Å². The first kappa shape index (κ1) is 8.87. The van der Waals surface area contributed by atoms with Gasteiger partial charge in [-0.1, -0.05) is 23.7 Å². The van der Waals surface area contributed by atoms with E-state index >= 15 is 0 Å². The summed E-state index contributed by atoms with van der Waals surface area (Å²) in [5.41, 5.74) is 0. The Morgan fingerprint density at radius 2 is 2.46 bits per heavy atom. The number of hydrogen-bond donors (Lipinski definition) is 1. The zero-order chi connectivity index (χ0) is 9.26. The molecular formula is C8H14N4S. The number of hydrogen-bond acceptors (Lipinski definition) is 3. The lowest BCUT2D eigenvalue weighted by Gasteiger charge is -2.08. The van der Waals surface area contributed by atoms with Crippen molar-refractivity contribution < 1.29 is 0 Å². The fourth-order valence-electron chi connectivity index (χ4n) is 2.08. The second-order valence-corrected chi connectivity index (χ2v) is 4.34. The minimum Gasteiger partial charge on any atom is -0.242 e. The third-order valence-corrected chi connectivity index (χ3v) is 3.08. The zero-order valence-corrected chi connectivity index (χ0v) is 8.55. The predicted octanol–water partition coefficient (Wildman–Crippen LogP) is 1.77. The Morgan fingerprint density at radius 3 is 3.00 bits per heavy atom. The van der Waals surface area contributed by atoms with E-state index in [0.29, 0.717) is 4.77 Å². The van der Waals surface area contributed by atoms with E-state index in [0.717, 1.165) is 18.4 Å². The molecule has 5 heteroatoms. The molecule has 2 rings (SSSR count). The molecule has 1 saturated carbocycles. The van der Waals surface area contributed by atoms with Crippen LogP contribution in [-0.4, -0.2) is 20.2 Å². The van der Waals surface area contributed by atoms with E-state index in [1.54, 1.807) is 0 Å². The topological polar surface area (TPSA) is 46.5 Å². The second kappa shape index (κ2) is 3.57. The van der Waals surface area contributed by atoms with Crippen molar-refractivity contribution in [3.63, 3.8) is 0 Å². The lowest BCUT2D eigenvalue weighted by Crippen LogP contribution is -2.09. The van der Waals surface area contributed by atoms with Crippen LogP contribution in [-0.2, 0) is 6.54 Å². The molecule has 0 radical (unpaired) electrons. The normalized spacial score (nSPS) is 28.1. The van der Waals surface area contributed by atoms with Crippen molar-refractivity contribution in [2.45, 2.75) is 32.7 Å². The summed E-state index contributed by atoms with van der Waals surface area (Å²) in [6.45, 7) is 3.26. The van der Waals surface area contributed by atoms with Crippen LogP contribution in [0, 0.1) is 16.6 Å². The van der Waals surface area contributed by atoms with Crippen LogP contribution in [0.2, 0.25) is 0 Å². The molecule has 0 bridgehead atoms. The highest BCUT2D eigenvalue weighted by molar-refractivity contribution is 7.71. The molecule has 0 saturated heterocycles. The molecule has 1 aromatic rings. The predicted molar refractivity (Wildman–Crippen MR) is 51.7 cm³/mol. The van der Waals surface area contributed by atoms with Gasteiger partial charge in [-0.2, -0.15) is 5.21 Å². The van der Waals surface area contributed by atoms with E-state index in [-0.39, 0.29) is 0 Å². The molecule has 0 aliphatic heterocycles. The van der Waals surface area contributed by atoms with Gasteiger partial charge in [0.1, 0.15) is 0 Å². The third kappa shape index (κ3) is 1.96. The van der Waals surface area contributed by atoms with E-state index in [1.165, 1.54) is 19.3 Å². The summed E-state index contributed by atoms with van der Waals surface area (Å²) in [5, 5.41) is 10.2. The van der Waals surface area contributed by atoms with Crippen LogP contribution in [0.3, 0.4) is 0 Å². The van der Waals surface area contributed by atoms with Gasteiger partial charge in [-0.3, -0.25) is 0 Å². The van der Waals surface area contributed by atoms with Crippen LogP contribution < -0.4 is 0 Å². The standard InChI is InChI=1S/C8H14N4S/c1-6-2-3-7(4-6)5-12-8(13)9-10-11-12/h6-7H,2-5H2,1H3,(H,9,11,13). The Morgan fingerprint density at radius 1 is 1.62 bits per heavy atom. The Labute approximate surface area is 82.3 Å². The van der Waals surface area contributed by atoms with Crippen molar-refractivity contribution >= 4 is 12.2 Å². The van der Waals surface area contributed by atoms with Crippen LogP contribution in [0.25, 0.3) is 0 Å². The maximum atomic E-state index is 5.01. The van der Waals surface area contributed by atoms with Crippen molar-refractivity contribution in [3.8, 4) is 0 Å². The number of nitrogens with zero attached hydrogens (tertiary/aromatic N) is 3. The van der Waals surface area contributed by atoms with E-state index in [2.05, 4.69) is 22.4 Å². The summed E-state index contributed by atoms with van der Waals surface area (Å²) < 4.78 is 2.43. The first-order valence-corrected chi connectivity index (χ1v) is 5.14. The highest BCUT2D eigenvalue weighted by atomic mass is 32.1. The van der Waals surface area contributed by atoms with Gasteiger partial charge in [0, 0.05) is 6.54 Å². The highest BCUT2D eigenvalue weighted by Crippen LogP contribution is 2.30. The zero-order valence-electron chi connectivity index (χ0n) is 7.73. The Hall–Kier alpha value is -0.710. The molecule has 4 nitrogen and oxygen atoms in total. The van der Waals surface area contributed by atoms with E-state index in [4.69, 9.17) is 12.2 Å². The third-order valence-electron chi connectivity index (χ3n) is 2.78. The van der Waals surface area contributed by atoms with Crippen molar-refractivity contribution in [1.82, 2.24) is 20.2 Å². The van der Waals surface area contributed by atoms with Crippen LogP contribution in [0.4, 0.5) is 0 Å². The highest BCUT2D eigenvalue weighted by Gasteiger charge is 2.21. The van der Waals surface area contributed by atoms with Gasteiger partial charge in [-0.15, -0.1) is 0 Å². The number of aromatic amines is 1. The fourth-order valence-corrected chi connectivity index (χ4v) is 2.24. The van der Waals surface area contributed by atoms with Gasteiger partial charge >= 0.3 is 0 Å². The van der Waals surface area contributed by atoms with Crippen molar-refractivity contribution in [2.24, 2.45) is 11.8 Å². The smallest absolute Gasteiger partial charge is 0.238 e. The molecule has 0 aromatic carbocycles. The van der Waals surface area contributed by atoms with Gasteiger partial charge in [0.05, 0.1) is 0 Å². The largest absolute Gasteiger partial charge is 0.242 e. The van der Waals surface area contributed by atoms with E-state index < -0.39 is 0 Å². The average Bonchev–Trinajstić information content (AvgIpc) is 2.64. The lowest BCUT2D eigenvalue weighted by atomic mass is 10.1. The van der Waals surface area contributed by atoms with Crippen LogP contribution in [0.1, 0.15) is 26.2 Å². The average molecular weight is 198 g/mol. The van der Waals surface area contributed by atoms with Crippen LogP contribution in [0.15, 0.2) is 0 Å². The van der Waals surface area contributed by atoms with Gasteiger partial charge in [-0.05, 0) is 36.9 Å². The van der Waals surface area contributed by atoms with E-state index in [1.807, 2.05) is 4.68 Å². The van der Waals surface area contributed by atoms with Crippen molar-refractivity contribution in [1.29, 1.82) is 0 Å². The first-order valence-electron chi connectivity index (χ1n) is 4.73. The Kier molecular flexibility index (Phi) is 2.44. The summed E-state index contributed by atoms with van der Waals surface area (Å²) >= 11 is 5.01. The summed E-state index contributed by atoms with van der Waals surface area (Å²) in [6, 6.07) is 0. The molecule has 2 atom stereocenters. The SMILES string of the molecule is CC1CCC(Cn2[nH]nnc2=S)C1. The quantitative estimate of drug-likeness (QED) is 0.737. The number of aromatic nitrogens is 4. The number of tetrazole rings is 1. The number of nitrogens with one attached hydrogen (secondary N) is 1. The van der Waals surface area contributed by atoms with Gasteiger partial charge in [0.15, 0.2) is 0 Å². The summed E-state index contributed by atoms with van der Waals surface area (Å²) in [7, 11) is 0. The molecule has 1 heterocycles.